The molecule has 0 aliphatic heterocycles. The molecule has 16 heavy (non-hydrogen) atoms. The summed E-state index contributed by atoms with van der Waals surface area (Å²) < 4.78 is 5.55. The summed E-state index contributed by atoms with van der Waals surface area (Å²) in [5, 5.41) is 0.819. The molecule has 5 heteroatoms. The number of aryl methyl sites for hydroxylation is 1. The van der Waals surface area contributed by atoms with Gasteiger partial charge in [-0.25, -0.2) is 4.98 Å². The number of benzene rings is 1. The molecule has 82 valence electrons. The zero-order valence-electron chi connectivity index (χ0n) is 8.45. The van der Waals surface area contributed by atoms with Gasteiger partial charge in [0, 0.05) is 16.8 Å². The molecule has 0 aliphatic rings. The van der Waals surface area contributed by atoms with Crippen molar-refractivity contribution in [2.45, 2.75) is 6.92 Å². The largest absolute Gasteiger partial charge is 0.439 e. The van der Waals surface area contributed by atoms with Crippen molar-refractivity contribution in [1.29, 1.82) is 0 Å². The minimum atomic E-state index is 0.162. The second-order valence-electron chi connectivity index (χ2n) is 3.18. The number of hydrogen-bond donors (Lipinski definition) is 0. The minimum Gasteiger partial charge on any atom is -0.439 e. The molecular formula is C11H8Cl2N2O. The fourth-order valence-electron chi connectivity index (χ4n) is 1.12. The van der Waals surface area contributed by atoms with E-state index in [9.17, 15) is 0 Å². The number of ether oxygens (including phenoxy) is 1. The Morgan fingerprint density at radius 3 is 2.50 bits per heavy atom. The van der Waals surface area contributed by atoms with E-state index < -0.39 is 0 Å². The van der Waals surface area contributed by atoms with E-state index in [0.717, 1.165) is 5.56 Å². The van der Waals surface area contributed by atoms with Crippen molar-refractivity contribution in [3.63, 3.8) is 0 Å². The Morgan fingerprint density at radius 2 is 1.81 bits per heavy atom. The number of halogens is 2. The third-order valence-electron chi connectivity index (χ3n) is 1.92. The number of nitrogens with zero attached hydrogens (tertiary/aromatic N) is 2. The smallest absolute Gasteiger partial charge is 0.226 e. The van der Waals surface area contributed by atoms with Crippen molar-refractivity contribution < 1.29 is 4.74 Å². The van der Waals surface area contributed by atoms with Crippen LogP contribution in [0.1, 0.15) is 5.56 Å². The van der Waals surface area contributed by atoms with Gasteiger partial charge in [0.2, 0.25) is 11.2 Å². The fourth-order valence-corrected chi connectivity index (χ4v) is 1.38. The zero-order chi connectivity index (χ0) is 11.5. The highest BCUT2D eigenvalue weighted by Crippen LogP contribution is 2.24. The van der Waals surface area contributed by atoms with Gasteiger partial charge in [0.15, 0.2) is 0 Å². The third kappa shape index (κ3) is 2.62. The van der Waals surface area contributed by atoms with Crippen LogP contribution < -0.4 is 4.74 Å². The molecule has 0 fully saturated rings. The highest BCUT2D eigenvalue weighted by atomic mass is 35.5. The van der Waals surface area contributed by atoms with Crippen molar-refractivity contribution >= 4 is 23.2 Å². The maximum Gasteiger partial charge on any atom is 0.226 e. The molecule has 0 amide bonds. The molecule has 2 aromatic rings. The molecule has 3 nitrogen and oxygen atoms in total. The van der Waals surface area contributed by atoms with Gasteiger partial charge in [-0.3, -0.25) is 0 Å². The lowest BCUT2D eigenvalue weighted by Crippen LogP contribution is -1.93. The first-order valence-electron chi connectivity index (χ1n) is 4.58. The Labute approximate surface area is 103 Å². The summed E-state index contributed by atoms with van der Waals surface area (Å²) in [7, 11) is 0. The topological polar surface area (TPSA) is 35.0 Å². The Bertz CT molecular complexity index is 500. The lowest BCUT2D eigenvalue weighted by atomic mass is 10.3. The van der Waals surface area contributed by atoms with Gasteiger partial charge in [0.05, 0.1) is 0 Å². The monoisotopic (exact) mass is 254 g/mol. The van der Waals surface area contributed by atoms with Crippen LogP contribution in [-0.2, 0) is 0 Å². The van der Waals surface area contributed by atoms with Crippen LogP contribution in [0.3, 0.4) is 0 Å². The van der Waals surface area contributed by atoms with Gasteiger partial charge < -0.3 is 4.74 Å². The van der Waals surface area contributed by atoms with Crippen molar-refractivity contribution in [3.05, 3.63) is 46.3 Å². The van der Waals surface area contributed by atoms with Crippen molar-refractivity contribution in [2.24, 2.45) is 0 Å². The van der Waals surface area contributed by atoms with Crippen LogP contribution in [-0.4, -0.2) is 9.97 Å². The molecule has 0 radical (unpaired) electrons. The predicted molar refractivity (Wildman–Crippen MR) is 63.3 cm³/mol. The summed E-state index contributed by atoms with van der Waals surface area (Å²) in [4.78, 5) is 7.84. The van der Waals surface area contributed by atoms with Crippen molar-refractivity contribution in [2.75, 3.05) is 0 Å². The van der Waals surface area contributed by atoms with E-state index >= 15 is 0 Å². The molecule has 0 aliphatic carbocycles. The second-order valence-corrected chi connectivity index (χ2v) is 3.96. The van der Waals surface area contributed by atoms with Gasteiger partial charge in [-0.2, -0.15) is 4.98 Å². The average molecular weight is 255 g/mol. The van der Waals surface area contributed by atoms with Gasteiger partial charge in [-0.1, -0.05) is 11.6 Å². The Balaban J connectivity index is 2.26. The molecule has 1 aromatic carbocycles. The van der Waals surface area contributed by atoms with E-state index in [1.165, 1.54) is 0 Å². The standard InChI is InChI=1S/C11H8Cl2N2O/c1-7-6-14-11(13)15-10(7)16-9-4-2-8(12)3-5-9/h2-6H,1H3. The first kappa shape index (κ1) is 11.2. The maximum atomic E-state index is 5.77. The minimum absolute atomic E-state index is 0.162. The molecule has 0 atom stereocenters. The van der Waals surface area contributed by atoms with Gasteiger partial charge in [0.1, 0.15) is 5.75 Å². The number of aromatic nitrogens is 2. The quantitative estimate of drug-likeness (QED) is 0.763. The van der Waals surface area contributed by atoms with Crippen LogP contribution in [0.25, 0.3) is 0 Å². The zero-order valence-corrected chi connectivity index (χ0v) is 9.96. The predicted octanol–water partition coefficient (Wildman–Crippen LogP) is 3.88. The molecule has 0 saturated carbocycles. The van der Waals surface area contributed by atoms with Crippen molar-refractivity contribution in [1.82, 2.24) is 9.97 Å². The van der Waals surface area contributed by atoms with Gasteiger partial charge >= 0.3 is 0 Å². The van der Waals surface area contributed by atoms with Crippen molar-refractivity contribution in [3.8, 4) is 11.6 Å². The van der Waals surface area contributed by atoms with E-state index in [1.54, 1.807) is 30.5 Å². The van der Waals surface area contributed by atoms with Crippen LogP contribution in [0.15, 0.2) is 30.5 Å². The summed E-state index contributed by atoms with van der Waals surface area (Å²) in [6.07, 6.45) is 1.61. The average Bonchev–Trinajstić information content (AvgIpc) is 2.27. The Hall–Kier alpha value is -1.32. The number of rotatable bonds is 2. The SMILES string of the molecule is Cc1cnc(Cl)nc1Oc1ccc(Cl)cc1. The lowest BCUT2D eigenvalue weighted by molar-refractivity contribution is 0.457. The summed E-state index contributed by atoms with van der Waals surface area (Å²) >= 11 is 11.5. The molecule has 0 saturated heterocycles. The molecule has 0 unspecified atom stereocenters. The Kier molecular flexibility index (Phi) is 3.27. The lowest BCUT2D eigenvalue weighted by Gasteiger charge is -2.06. The van der Waals surface area contributed by atoms with Gasteiger partial charge in [-0.15, -0.1) is 0 Å². The first-order valence-corrected chi connectivity index (χ1v) is 5.33. The molecule has 0 spiro atoms. The fraction of sp³-hybridized carbons (Fsp3) is 0.0909. The van der Waals surface area contributed by atoms with E-state index in [0.29, 0.717) is 16.7 Å². The van der Waals surface area contributed by atoms with Crippen LogP contribution in [0.2, 0.25) is 10.3 Å². The molecule has 1 aromatic heterocycles. The molecule has 0 N–H and O–H groups in total. The summed E-state index contributed by atoms with van der Waals surface area (Å²) in [5.41, 5.74) is 0.819. The third-order valence-corrected chi connectivity index (χ3v) is 2.36. The second kappa shape index (κ2) is 4.68. The van der Waals surface area contributed by atoms with Gasteiger partial charge in [-0.05, 0) is 42.8 Å². The highest BCUT2D eigenvalue weighted by molar-refractivity contribution is 6.30. The van der Waals surface area contributed by atoms with Crippen LogP contribution in [0.5, 0.6) is 11.6 Å². The van der Waals surface area contributed by atoms with Crippen LogP contribution in [0.4, 0.5) is 0 Å². The first-order chi connectivity index (χ1) is 7.65. The van der Waals surface area contributed by atoms with E-state index in [2.05, 4.69) is 9.97 Å². The summed E-state index contributed by atoms with van der Waals surface area (Å²) in [6, 6.07) is 7.01. The van der Waals surface area contributed by atoms with Gasteiger partial charge in [0.25, 0.3) is 0 Å². The Morgan fingerprint density at radius 1 is 1.12 bits per heavy atom. The maximum absolute atomic E-state index is 5.77. The van der Waals surface area contributed by atoms with Crippen LogP contribution >= 0.6 is 23.2 Å². The molecule has 0 bridgehead atoms. The molecular weight excluding hydrogens is 247 g/mol. The summed E-state index contributed by atoms with van der Waals surface area (Å²) in [5.74, 6) is 1.10. The van der Waals surface area contributed by atoms with E-state index in [-0.39, 0.29) is 5.28 Å². The van der Waals surface area contributed by atoms with E-state index in [1.807, 2.05) is 6.92 Å². The van der Waals surface area contributed by atoms with Crippen LogP contribution in [0, 0.1) is 6.92 Å². The molecule has 2 rings (SSSR count). The van der Waals surface area contributed by atoms with E-state index in [4.69, 9.17) is 27.9 Å². The summed E-state index contributed by atoms with van der Waals surface area (Å²) in [6.45, 7) is 1.85. The molecule has 1 heterocycles. The highest BCUT2D eigenvalue weighted by Gasteiger charge is 2.04. The normalized spacial score (nSPS) is 10.2. The number of hydrogen-bond acceptors (Lipinski definition) is 3.